The zero-order chi connectivity index (χ0) is 15.3. The second-order valence-electron chi connectivity index (χ2n) is 5.97. The summed E-state index contributed by atoms with van der Waals surface area (Å²) < 4.78 is 28.3. The molecule has 0 saturated heterocycles. The molecule has 1 aromatic rings. The van der Waals surface area contributed by atoms with Crippen molar-refractivity contribution in [1.82, 2.24) is 5.32 Å². The maximum Gasteiger partial charge on any atom is 0.261 e. The Labute approximate surface area is 128 Å². The molecule has 1 amide bonds. The van der Waals surface area contributed by atoms with Crippen molar-refractivity contribution < 1.29 is 17.9 Å². The van der Waals surface area contributed by atoms with Crippen molar-refractivity contribution in [3.8, 4) is 5.75 Å². The predicted octanol–water partition coefficient (Wildman–Crippen LogP) is 1.83. The van der Waals surface area contributed by atoms with Crippen molar-refractivity contribution >= 4 is 25.6 Å². The lowest BCUT2D eigenvalue weighted by Crippen LogP contribution is -2.42. The summed E-state index contributed by atoms with van der Waals surface area (Å²) in [5, 5.41) is 3.01. The molecule has 1 aromatic carbocycles. The van der Waals surface area contributed by atoms with E-state index in [2.05, 4.69) is 5.32 Å². The maximum absolute atomic E-state index is 12.2. The minimum Gasteiger partial charge on any atom is -0.492 e. The van der Waals surface area contributed by atoms with E-state index in [0.717, 1.165) is 12.8 Å². The Morgan fingerprint density at radius 2 is 2.14 bits per heavy atom. The molecule has 1 aliphatic carbocycles. The summed E-state index contributed by atoms with van der Waals surface area (Å²) in [6, 6.07) is 4.48. The fraction of sp³-hybridized carbons (Fsp3) is 0.500. The van der Waals surface area contributed by atoms with Crippen molar-refractivity contribution in [2.45, 2.75) is 36.6 Å². The Morgan fingerprint density at radius 1 is 1.43 bits per heavy atom. The first kappa shape index (κ1) is 14.7. The van der Waals surface area contributed by atoms with Crippen LogP contribution in [0.4, 0.5) is 0 Å². The van der Waals surface area contributed by atoms with Crippen molar-refractivity contribution in [3.05, 3.63) is 23.8 Å². The van der Waals surface area contributed by atoms with Gasteiger partial charge in [0.1, 0.15) is 12.4 Å². The molecule has 21 heavy (non-hydrogen) atoms. The summed E-state index contributed by atoms with van der Waals surface area (Å²) in [5.41, 5.74) is 0.627. The molecule has 0 bridgehead atoms. The third-order valence-corrected chi connectivity index (χ3v) is 5.37. The minimum absolute atomic E-state index is 0.0294. The number of hydrogen-bond acceptors (Lipinski definition) is 4. The quantitative estimate of drug-likeness (QED) is 0.859. The number of fused-ring (bicyclic) bond motifs is 1. The fourth-order valence-corrected chi connectivity index (χ4v) is 3.20. The Kier molecular flexibility index (Phi) is 3.41. The molecule has 3 rings (SSSR count). The molecular weight excluding hydrogens is 314 g/mol. The molecule has 1 fully saturated rings. The number of hydrogen-bond donors (Lipinski definition) is 1. The molecule has 7 heteroatoms. The van der Waals surface area contributed by atoms with Gasteiger partial charge in [-0.15, -0.1) is 0 Å². The summed E-state index contributed by atoms with van der Waals surface area (Å²) in [5.74, 6) is 0.267. The van der Waals surface area contributed by atoms with Gasteiger partial charge in [-0.2, -0.15) is 0 Å². The van der Waals surface area contributed by atoms with E-state index in [9.17, 15) is 13.2 Å². The summed E-state index contributed by atoms with van der Waals surface area (Å²) in [6.07, 6.45) is 2.45. The van der Waals surface area contributed by atoms with E-state index in [4.69, 9.17) is 15.4 Å². The molecule has 0 spiro atoms. The van der Waals surface area contributed by atoms with Crippen LogP contribution in [-0.4, -0.2) is 26.5 Å². The molecule has 2 aliphatic rings. The van der Waals surface area contributed by atoms with Crippen LogP contribution in [0.25, 0.3) is 0 Å². The summed E-state index contributed by atoms with van der Waals surface area (Å²) >= 11 is 0. The van der Waals surface area contributed by atoms with Crippen molar-refractivity contribution in [2.24, 2.45) is 5.92 Å². The average Bonchev–Trinajstić information content (AvgIpc) is 3.13. The van der Waals surface area contributed by atoms with Gasteiger partial charge >= 0.3 is 0 Å². The average molecular weight is 330 g/mol. The molecule has 0 radical (unpaired) electrons. The molecule has 1 atom stereocenters. The molecule has 1 N–H and O–H groups in total. The topological polar surface area (TPSA) is 72.5 Å². The highest BCUT2D eigenvalue weighted by Gasteiger charge is 2.40. The van der Waals surface area contributed by atoms with Crippen LogP contribution in [0.5, 0.6) is 5.75 Å². The largest absolute Gasteiger partial charge is 0.492 e. The first-order valence-corrected chi connectivity index (χ1v) is 9.10. The molecule has 1 aliphatic heterocycles. The van der Waals surface area contributed by atoms with Crippen LogP contribution in [-0.2, 0) is 20.3 Å². The number of carbonyl (C=O) groups is 1. The normalized spacial score (nSPS) is 22.9. The zero-order valence-corrected chi connectivity index (χ0v) is 13.1. The van der Waals surface area contributed by atoms with Gasteiger partial charge in [-0.3, -0.25) is 4.79 Å². The molecule has 1 saturated carbocycles. The van der Waals surface area contributed by atoms with Crippen LogP contribution in [0.15, 0.2) is 23.1 Å². The monoisotopic (exact) mass is 329 g/mol. The Balaban J connectivity index is 1.79. The van der Waals surface area contributed by atoms with Crippen molar-refractivity contribution in [1.29, 1.82) is 0 Å². The lowest BCUT2D eigenvalue weighted by atomic mass is 9.95. The summed E-state index contributed by atoms with van der Waals surface area (Å²) in [7, 11) is 1.57. The van der Waals surface area contributed by atoms with E-state index < -0.39 is 9.05 Å². The molecular formula is C14H16ClNO4S. The fourth-order valence-electron chi connectivity index (χ4n) is 2.40. The Hall–Kier alpha value is -1.27. The van der Waals surface area contributed by atoms with Crippen molar-refractivity contribution in [3.63, 3.8) is 0 Å². The highest BCUT2D eigenvalue weighted by molar-refractivity contribution is 8.13. The van der Waals surface area contributed by atoms with Crippen LogP contribution < -0.4 is 10.1 Å². The molecule has 1 unspecified atom stereocenters. The van der Waals surface area contributed by atoms with E-state index in [1.165, 1.54) is 12.1 Å². The van der Waals surface area contributed by atoms with Crippen LogP contribution in [0, 0.1) is 5.92 Å². The third kappa shape index (κ3) is 3.16. The van der Waals surface area contributed by atoms with Gasteiger partial charge in [-0.1, -0.05) is 0 Å². The first-order valence-electron chi connectivity index (χ1n) is 6.79. The number of halogens is 1. The summed E-state index contributed by atoms with van der Waals surface area (Å²) in [4.78, 5) is 12.2. The van der Waals surface area contributed by atoms with E-state index in [-0.39, 0.29) is 22.3 Å². The SMILES string of the molecule is CC1(NC(=O)C2COc3ccc(S(=O)(=O)Cl)cc3C2)CC1. The molecule has 0 aromatic heterocycles. The maximum atomic E-state index is 12.2. The predicted molar refractivity (Wildman–Crippen MR) is 78.0 cm³/mol. The molecule has 5 nitrogen and oxygen atoms in total. The van der Waals surface area contributed by atoms with Gasteiger partial charge in [0, 0.05) is 16.2 Å². The Morgan fingerprint density at radius 3 is 2.76 bits per heavy atom. The van der Waals surface area contributed by atoms with Gasteiger partial charge in [-0.05, 0) is 49.9 Å². The molecule has 1 heterocycles. The smallest absolute Gasteiger partial charge is 0.261 e. The lowest BCUT2D eigenvalue weighted by Gasteiger charge is -2.26. The van der Waals surface area contributed by atoms with Gasteiger partial charge in [0.05, 0.1) is 10.8 Å². The van der Waals surface area contributed by atoms with E-state index >= 15 is 0 Å². The molecule has 114 valence electrons. The van der Waals surface area contributed by atoms with Gasteiger partial charge in [0.15, 0.2) is 0 Å². The second-order valence-corrected chi connectivity index (χ2v) is 8.54. The van der Waals surface area contributed by atoms with Crippen LogP contribution in [0.1, 0.15) is 25.3 Å². The van der Waals surface area contributed by atoms with E-state index in [1.807, 2.05) is 6.92 Å². The van der Waals surface area contributed by atoms with Crippen LogP contribution in [0.3, 0.4) is 0 Å². The highest BCUT2D eigenvalue weighted by Crippen LogP contribution is 2.36. The van der Waals surface area contributed by atoms with Crippen molar-refractivity contribution in [2.75, 3.05) is 6.61 Å². The number of carbonyl (C=O) groups excluding carboxylic acids is 1. The number of rotatable bonds is 3. The third-order valence-electron chi connectivity index (χ3n) is 4.02. The number of ether oxygens (including phenoxy) is 1. The van der Waals surface area contributed by atoms with E-state index in [0.29, 0.717) is 24.3 Å². The van der Waals surface area contributed by atoms with Gasteiger partial charge in [-0.25, -0.2) is 8.42 Å². The Bertz CT molecular complexity index is 697. The highest BCUT2D eigenvalue weighted by atomic mass is 35.7. The van der Waals surface area contributed by atoms with Gasteiger partial charge < -0.3 is 10.1 Å². The van der Waals surface area contributed by atoms with Gasteiger partial charge in [0.2, 0.25) is 5.91 Å². The second kappa shape index (κ2) is 4.88. The minimum atomic E-state index is -3.78. The summed E-state index contributed by atoms with van der Waals surface area (Å²) in [6.45, 7) is 2.32. The van der Waals surface area contributed by atoms with E-state index in [1.54, 1.807) is 6.07 Å². The zero-order valence-electron chi connectivity index (χ0n) is 11.6. The number of nitrogens with one attached hydrogen (secondary N) is 1. The lowest BCUT2D eigenvalue weighted by molar-refractivity contribution is -0.127. The first-order chi connectivity index (χ1) is 9.77. The number of benzene rings is 1. The standard InChI is InChI=1S/C14H16ClNO4S/c1-14(4-5-14)16-13(17)10-6-9-7-11(21(15,18)19)2-3-12(9)20-8-10/h2-3,7,10H,4-6,8H2,1H3,(H,16,17). The van der Waals surface area contributed by atoms with Crippen LogP contribution in [0.2, 0.25) is 0 Å². The van der Waals surface area contributed by atoms with Crippen LogP contribution >= 0.6 is 10.7 Å². The van der Waals surface area contributed by atoms with Gasteiger partial charge in [0.25, 0.3) is 9.05 Å². The number of amides is 1.